The van der Waals surface area contributed by atoms with E-state index >= 15 is 0 Å². The molecule has 0 saturated carbocycles. The Hall–Kier alpha value is 0.111. The molecule has 0 heterocycles. The maximum absolute atomic E-state index is 12.9. The predicted molar refractivity (Wildman–Crippen MR) is 46.5 cm³/mol. The summed E-state index contributed by atoms with van der Waals surface area (Å²) in [6, 6.07) is 2.55. The second kappa shape index (κ2) is 6.15. The maximum Gasteiger partial charge on any atom is 1.00 e. The SMILES string of the molecule is COC(=O)c1cccc(F)c1[B-](F)(F)F.[K+]. The predicted octanol–water partition coefficient (Wildman–Crippen LogP) is -1.33. The average Bonchev–Trinajstić information content (AvgIpc) is 2.14. The van der Waals surface area contributed by atoms with Gasteiger partial charge >= 0.3 is 64.3 Å². The number of hydrogen-bond donors (Lipinski definition) is 0. The van der Waals surface area contributed by atoms with Gasteiger partial charge in [-0.1, -0.05) is 17.6 Å². The van der Waals surface area contributed by atoms with Gasteiger partial charge in [0.05, 0.1) is 12.9 Å². The van der Waals surface area contributed by atoms with Crippen LogP contribution in [0.1, 0.15) is 10.4 Å². The zero-order valence-corrected chi connectivity index (χ0v) is 11.8. The molecule has 0 aliphatic rings. The summed E-state index contributed by atoms with van der Waals surface area (Å²) in [6.07, 6.45) is 0. The van der Waals surface area contributed by atoms with Crippen LogP contribution in [0, 0.1) is 5.82 Å². The molecule has 0 N–H and O–H groups in total. The van der Waals surface area contributed by atoms with Crippen LogP contribution >= 0.6 is 0 Å². The average molecular weight is 260 g/mol. The molecule has 0 radical (unpaired) electrons. The van der Waals surface area contributed by atoms with Crippen molar-refractivity contribution in [3.8, 4) is 0 Å². The van der Waals surface area contributed by atoms with Gasteiger partial charge in [-0.2, -0.15) is 0 Å². The van der Waals surface area contributed by atoms with Crippen molar-refractivity contribution in [2.45, 2.75) is 0 Å². The van der Waals surface area contributed by atoms with Crippen LogP contribution in [-0.2, 0) is 4.74 Å². The largest absolute Gasteiger partial charge is 1.00 e. The zero-order chi connectivity index (χ0) is 11.6. The molecule has 0 aliphatic carbocycles. The van der Waals surface area contributed by atoms with Crippen molar-refractivity contribution in [2.75, 3.05) is 7.11 Å². The summed E-state index contributed by atoms with van der Waals surface area (Å²) in [5.41, 5.74) is -2.34. The molecule has 1 rings (SSSR count). The molecule has 1 aromatic carbocycles. The Bertz CT molecular complexity index is 394. The van der Waals surface area contributed by atoms with E-state index in [1.165, 1.54) is 0 Å². The number of halogens is 4. The maximum atomic E-state index is 12.9. The topological polar surface area (TPSA) is 26.3 Å². The van der Waals surface area contributed by atoms with Gasteiger partial charge in [0.15, 0.2) is 0 Å². The van der Waals surface area contributed by atoms with E-state index in [4.69, 9.17) is 0 Å². The number of hydrogen-bond acceptors (Lipinski definition) is 2. The van der Waals surface area contributed by atoms with Crippen molar-refractivity contribution in [3.05, 3.63) is 29.6 Å². The fourth-order valence-corrected chi connectivity index (χ4v) is 1.16. The summed E-state index contributed by atoms with van der Waals surface area (Å²) < 4.78 is 54.3. The van der Waals surface area contributed by atoms with Crippen LogP contribution in [0.2, 0.25) is 0 Å². The minimum Gasteiger partial charge on any atom is -0.465 e. The monoisotopic (exact) mass is 260 g/mol. The smallest absolute Gasteiger partial charge is 0.465 e. The Morgan fingerprint density at radius 2 is 1.88 bits per heavy atom. The Balaban J connectivity index is 0.00000225. The third-order valence-corrected chi connectivity index (χ3v) is 1.79. The summed E-state index contributed by atoms with van der Waals surface area (Å²) in [4.78, 5) is 11.0. The minimum absolute atomic E-state index is 0. The molecule has 0 saturated heterocycles. The van der Waals surface area contributed by atoms with Crippen LogP contribution in [0.5, 0.6) is 0 Å². The van der Waals surface area contributed by atoms with Crippen LogP contribution in [0.3, 0.4) is 0 Å². The molecule has 0 unspecified atom stereocenters. The minimum atomic E-state index is -5.58. The first-order valence-corrected chi connectivity index (χ1v) is 3.94. The van der Waals surface area contributed by atoms with E-state index in [-0.39, 0.29) is 51.4 Å². The van der Waals surface area contributed by atoms with Gasteiger partial charge in [0.1, 0.15) is 0 Å². The van der Waals surface area contributed by atoms with Gasteiger partial charge in [0.25, 0.3) is 0 Å². The van der Waals surface area contributed by atoms with Crippen molar-refractivity contribution < 1.29 is 78.3 Å². The summed E-state index contributed by atoms with van der Waals surface area (Å²) >= 11 is 0. The van der Waals surface area contributed by atoms with Crippen molar-refractivity contribution >= 4 is 18.4 Å². The molecule has 0 atom stereocenters. The first-order valence-electron chi connectivity index (χ1n) is 3.94. The summed E-state index contributed by atoms with van der Waals surface area (Å²) in [7, 11) is 0.931. The standard InChI is InChI=1S/C8H6BF4O2.K/c1-15-8(14)5-3-2-4-6(10)7(5)9(11,12)13;/h2-4H,1H3;/q-1;+1. The molecule has 1 aromatic rings. The number of rotatable bonds is 2. The molecule has 0 fully saturated rings. The molecule has 2 nitrogen and oxygen atoms in total. The molecule has 0 aromatic heterocycles. The molecule has 16 heavy (non-hydrogen) atoms. The first-order chi connectivity index (χ1) is 6.88. The molecule has 0 bridgehead atoms. The van der Waals surface area contributed by atoms with Gasteiger partial charge in [-0.3, -0.25) is 0 Å². The Kier molecular flexibility index (Phi) is 6.20. The van der Waals surface area contributed by atoms with Crippen molar-refractivity contribution in [3.63, 3.8) is 0 Å². The van der Waals surface area contributed by atoms with E-state index in [1.54, 1.807) is 0 Å². The number of ether oxygens (including phenoxy) is 1. The van der Waals surface area contributed by atoms with Crippen molar-refractivity contribution in [1.29, 1.82) is 0 Å². The Morgan fingerprint density at radius 1 is 1.31 bits per heavy atom. The Morgan fingerprint density at radius 3 is 2.31 bits per heavy atom. The van der Waals surface area contributed by atoms with Crippen LogP contribution in [0.15, 0.2) is 18.2 Å². The van der Waals surface area contributed by atoms with Crippen LogP contribution in [0.4, 0.5) is 17.3 Å². The Labute approximate surface area is 132 Å². The number of carbonyl (C=O) groups is 1. The fourth-order valence-electron chi connectivity index (χ4n) is 1.16. The van der Waals surface area contributed by atoms with E-state index < -0.39 is 29.8 Å². The fraction of sp³-hybridized carbons (Fsp3) is 0.125. The molecular formula is C8H6BF4KO2. The van der Waals surface area contributed by atoms with Gasteiger partial charge in [0, 0.05) is 5.56 Å². The van der Waals surface area contributed by atoms with E-state index in [9.17, 15) is 22.1 Å². The summed E-state index contributed by atoms with van der Waals surface area (Å²) in [5.74, 6) is -2.67. The molecule has 8 heteroatoms. The molecule has 0 spiro atoms. The number of benzene rings is 1. The van der Waals surface area contributed by atoms with Gasteiger partial charge < -0.3 is 17.7 Å². The number of carbonyl (C=O) groups excluding carboxylic acids is 1. The van der Waals surface area contributed by atoms with Crippen molar-refractivity contribution in [1.82, 2.24) is 0 Å². The normalized spacial score (nSPS) is 10.6. The second-order valence-corrected chi connectivity index (χ2v) is 2.77. The zero-order valence-electron chi connectivity index (χ0n) is 8.64. The third kappa shape index (κ3) is 3.56. The first kappa shape index (κ1) is 16.1. The van der Waals surface area contributed by atoms with Gasteiger partial charge in [-0.25, -0.2) is 9.18 Å². The number of methoxy groups -OCH3 is 1. The van der Waals surface area contributed by atoms with Gasteiger partial charge in [-0.05, 0) is 6.07 Å². The van der Waals surface area contributed by atoms with Crippen LogP contribution < -0.4 is 56.8 Å². The van der Waals surface area contributed by atoms with Gasteiger partial charge in [0.2, 0.25) is 0 Å². The van der Waals surface area contributed by atoms with E-state index in [0.717, 1.165) is 19.2 Å². The quantitative estimate of drug-likeness (QED) is 0.374. The van der Waals surface area contributed by atoms with Crippen LogP contribution in [0.25, 0.3) is 0 Å². The second-order valence-electron chi connectivity index (χ2n) is 2.77. The summed E-state index contributed by atoms with van der Waals surface area (Å²) in [6.45, 7) is -5.58. The third-order valence-electron chi connectivity index (χ3n) is 1.79. The molecular weight excluding hydrogens is 254 g/mol. The summed E-state index contributed by atoms with van der Waals surface area (Å²) in [5, 5.41) is 0. The molecule has 82 valence electrons. The van der Waals surface area contributed by atoms with Crippen molar-refractivity contribution in [2.24, 2.45) is 0 Å². The molecule has 0 aliphatic heterocycles. The van der Waals surface area contributed by atoms with Gasteiger partial charge in [-0.15, -0.1) is 0 Å². The van der Waals surface area contributed by atoms with E-state index in [2.05, 4.69) is 4.74 Å². The van der Waals surface area contributed by atoms with Crippen LogP contribution in [-0.4, -0.2) is 20.1 Å². The molecule has 0 amide bonds. The van der Waals surface area contributed by atoms with E-state index in [0.29, 0.717) is 6.07 Å². The number of esters is 1. The van der Waals surface area contributed by atoms with E-state index in [1.807, 2.05) is 0 Å².